The lowest BCUT2D eigenvalue weighted by molar-refractivity contribution is 0.0695. The number of fused-ring (bicyclic) bond motifs is 2. The first-order valence-electron chi connectivity index (χ1n) is 3.56. The fraction of sp³-hybridized carbons (Fsp3) is 0.125. The second kappa shape index (κ2) is 2.37. The van der Waals surface area contributed by atoms with Crippen LogP contribution in [0.25, 0.3) is 11.2 Å². The van der Waals surface area contributed by atoms with E-state index in [1.54, 1.807) is 0 Å². The van der Waals surface area contributed by atoms with E-state index in [0.717, 1.165) is 0 Å². The molecule has 0 spiro atoms. The van der Waals surface area contributed by atoms with E-state index in [-0.39, 0.29) is 28.0 Å². The maximum absolute atomic E-state index is 10.7. The molecule has 0 aromatic carbocycles. The minimum atomic E-state index is -1.21. The monoisotopic (exact) mass is 182 g/mol. The van der Waals surface area contributed by atoms with Crippen LogP contribution >= 0.6 is 0 Å². The Balaban J connectivity index is 2.78. The van der Waals surface area contributed by atoms with Crippen LogP contribution in [0.2, 0.25) is 0 Å². The average molecular weight is 182 g/mol. The highest BCUT2D eigenvalue weighted by molar-refractivity contribution is 6.02. The molecule has 2 aromatic heterocycles. The third-order valence-corrected chi connectivity index (χ3v) is 1.91. The summed E-state index contributed by atoms with van der Waals surface area (Å²) >= 11 is 0. The molecule has 5 nitrogen and oxygen atoms in total. The summed E-state index contributed by atoms with van der Waals surface area (Å²) in [7, 11) is 0. The van der Waals surface area contributed by atoms with Crippen LogP contribution < -0.4 is 0 Å². The van der Waals surface area contributed by atoms with Gasteiger partial charge < -0.3 is 19.7 Å². The molecular formula is C8H6O5. The number of carboxylic acids is 1. The first kappa shape index (κ1) is 7.88. The lowest BCUT2D eigenvalue weighted by Crippen LogP contribution is -2.00. The number of hydrogen-bond donors (Lipinski definition) is 3. The number of rotatable bonds is 2. The van der Waals surface area contributed by atoms with Crippen molar-refractivity contribution in [3.63, 3.8) is 0 Å². The molecule has 0 atom stereocenters. The van der Waals surface area contributed by atoms with Crippen molar-refractivity contribution in [1.82, 2.24) is 0 Å². The highest BCUT2D eigenvalue weighted by Gasteiger charge is 2.25. The van der Waals surface area contributed by atoms with E-state index in [0.29, 0.717) is 0 Å². The molecule has 2 bridgehead atoms. The first-order chi connectivity index (χ1) is 6.15. The molecule has 0 aliphatic heterocycles. The number of benzene rings is 1. The molecule has 13 heavy (non-hydrogen) atoms. The summed E-state index contributed by atoms with van der Waals surface area (Å²) in [6.07, 6.45) is 0. The van der Waals surface area contributed by atoms with Crippen molar-refractivity contribution in [3.05, 3.63) is 17.2 Å². The standard InChI is InChI=1S/C8H6O5/c9-2-3-5-1-4(10)7(13-5)6(3)8(11)12/h1,9-10H,2H2,(H,11,12). The van der Waals surface area contributed by atoms with Gasteiger partial charge in [-0.25, -0.2) is 4.79 Å². The number of furan rings is 2. The molecule has 2 rings (SSSR count). The molecule has 0 fully saturated rings. The van der Waals surface area contributed by atoms with Gasteiger partial charge in [0, 0.05) is 11.6 Å². The van der Waals surface area contributed by atoms with Crippen LogP contribution in [-0.4, -0.2) is 21.3 Å². The highest BCUT2D eigenvalue weighted by Crippen LogP contribution is 2.36. The molecule has 0 aliphatic carbocycles. The maximum Gasteiger partial charge on any atom is 0.340 e. The fourth-order valence-corrected chi connectivity index (χ4v) is 1.35. The lowest BCUT2D eigenvalue weighted by atomic mass is 10.1. The number of aliphatic hydroxyl groups excluding tert-OH is 1. The van der Waals surface area contributed by atoms with Gasteiger partial charge in [-0.3, -0.25) is 0 Å². The summed E-state index contributed by atoms with van der Waals surface area (Å²) in [6, 6.07) is 1.29. The number of carboxylic acid groups (broad SMARTS) is 1. The van der Waals surface area contributed by atoms with E-state index in [9.17, 15) is 4.79 Å². The van der Waals surface area contributed by atoms with Gasteiger partial charge in [-0.1, -0.05) is 0 Å². The molecule has 5 heteroatoms. The van der Waals surface area contributed by atoms with Crippen molar-refractivity contribution in [2.24, 2.45) is 0 Å². The average Bonchev–Trinajstić information content (AvgIpc) is 2.58. The number of carbonyl (C=O) groups is 1. The normalized spacial score (nSPS) is 11.2. The Morgan fingerprint density at radius 2 is 2.23 bits per heavy atom. The number of phenolic OH excluding ortho intramolecular Hbond substituents is 1. The van der Waals surface area contributed by atoms with E-state index in [2.05, 4.69) is 0 Å². The van der Waals surface area contributed by atoms with Gasteiger partial charge in [-0.05, 0) is 0 Å². The third kappa shape index (κ3) is 0.874. The Labute approximate surface area is 72.2 Å². The minimum absolute atomic E-state index is 0.0773. The zero-order valence-corrected chi connectivity index (χ0v) is 6.44. The van der Waals surface area contributed by atoms with E-state index in [1.807, 2.05) is 0 Å². The van der Waals surface area contributed by atoms with Gasteiger partial charge in [0.2, 0.25) is 0 Å². The van der Waals surface area contributed by atoms with Crippen molar-refractivity contribution in [1.29, 1.82) is 0 Å². The highest BCUT2D eigenvalue weighted by atomic mass is 16.4. The minimum Gasteiger partial charge on any atom is -0.504 e. The Morgan fingerprint density at radius 3 is 2.77 bits per heavy atom. The predicted octanol–water partition coefficient (Wildman–Crippen LogP) is 0.767. The number of aromatic hydroxyl groups is 1. The molecule has 0 aliphatic rings. The van der Waals surface area contributed by atoms with E-state index < -0.39 is 12.6 Å². The maximum atomic E-state index is 10.7. The van der Waals surface area contributed by atoms with E-state index >= 15 is 0 Å². The van der Waals surface area contributed by atoms with Gasteiger partial charge in [0.05, 0.1) is 6.61 Å². The Hall–Kier alpha value is -1.75. The Kier molecular flexibility index (Phi) is 1.43. The second-order valence-electron chi connectivity index (χ2n) is 2.64. The molecule has 3 N–H and O–H groups in total. The van der Waals surface area contributed by atoms with Crippen LogP contribution in [-0.2, 0) is 6.61 Å². The lowest BCUT2D eigenvalue weighted by Gasteiger charge is -1.96. The van der Waals surface area contributed by atoms with Crippen molar-refractivity contribution >= 4 is 17.1 Å². The zero-order chi connectivity index (χ0) is 9.59. The second-order valence-corrected chi connectivity index (χ2v) is 2.64. The summed E-state index contributed by atoms with van der Waals surface area (Å²) < 4.78 is 4.94. The molecule has 0 saturated carbocycles. The van der Waals surface area contributed by atoms with Gasteiger partial charge in [-0.15, -0.1) is 0 Å². The van der Waals surface area contributed by atoms with Crippen molar-refractivity contribution in [2.75, 3.05) is 0 Å². The summed E-state index contributed by atoms with van der Waals surface area (Å²) in [5, 5.41) is 26.7. The quantitative estimate of drug-likeness (QED) is 0.637. The SMILES string of the molecule is O=C(O)c1c(CO)c2cc(O)c1o2. The summed E-state index contributed by atoms with van der Waals surface area (Å²) in [5.41, 5.74) is 0.191. The van der Waals surface area contributed by atoms with Crippen LogP contribution in [0.5, 0.6) is 5.75 Å². The van der Waals surface area contributed by atoms with Crippen molar-refractivity contribution in [3.8, 4) is 5.75 Å². The zero-order valence-electron chi connectivity index (χ0n) is 6.44. The van der Waals surface area contributed by atoms with Gasteiger partial charge >= 0.3 is 5.97 Å². The third-order valence-electron chi connectivity index (χ3n) is 1.91. The van der Waals surface area contributed by atoms with Gasteiger partial charge in [-0.2, -0.15) is 0 Å². The smallest absolute Gasteiger partial charge is 0.340 e. The molecule has 2 heterocycles. The van der Waals surface area contributed by atoms with Crippen LogP contribution in [0, 0.1) is 0 Å². The number of phenols is 1. The Bertz CT molecular complexity index is 456. The molecular weight excluding hydrogens is 176 g/mol. The molecule has 0 unspecified atom stereocenters. The van der Waals surface area contributed by atoms with Crippen LogP contribution in [0.3, 0.4) is 0 Å². The molecule has 68 valence electrons. The number of aromatic carboxylic acids is 1. The fourth-order valence-electron chi connectivity index (χ4n) is 1.35. The van der Waals surface area contributed by atoms with Crippen molar-refractivity contribution in [2.45, 2.75) is 6.61 Å². The van der Waals surface area contributed by atoms with Crippen LogP contribution in [0.1, 0.15) is 15.9 Å². The summed E-state index contributed by atoms with van der Waals surface area (Å²) in [4.78, 5) is 10.7. The molecule has 0 saturated heterocycles. The van der Waals surface area contributed by atoms with Gasteiger partial charge in [0.25, 0.3) is 0 Å². The largest absolute Gasteiger partial charge is 0.504 e. The van der Waals surface area contributed by atoms with Crippen LogP contribution in [0.15, 0.2) is 10.5 Å². The van der Waals surface area contributed by atoms with Gasteiger partial charge in [0.15, 0.2) is 11.3 Å². The summed E-state index contributed by atoms with van der Waals surface area (Å²) in [6.45, 7) is -0.412. The first-order valence-corrected chi connectivity index (χ1v) is 3.56. The predicted molar refractivity (Wildman–Crippen MR) is 41.9 cm³/mol. The van der Waals surface area contributed by atoms with E-state index in [1.165, 1.54) is 6.07 Å². The number of aliphatic hydroxyl groups is 1. The topological polar surface area (TPSA) is 90.9 Å². The van der Waals surface area contributed by atoms with Crippen molar-refractivity contribution < 1.29 is 24.5 Å². The molecule has 0 amide bonds. The van der Waals surface area contributed by atoms with Crippen LogP contribution in [0.4, 0.5) is 0 Å². The molecule has 0 radical (unpaired) electrons. The Morgan fingerprint density at radius 1 is 1.54 bits per heavy atom. The summed E-state index contributed by atoms with van der Waals surface area (Å²) in [5.74, 6) is -1.42. The van der Waals surface area contributed by atoms with Gasteiger partial charge in [0.1, 0.15) is 11.1 Å². The molecule has 2 aromatic rings. The van der Waals surface area contributed by atoms with E-state index in [4.69, 9.17) is 19.7 Å². The number of hydrogen-bond acceptors (Lipinski definition) is 4.